The van der Waals surface area contributed by atoms with Gasteiger partial charge in [0.1, 0.15) is 0 Å². The molecule has 0 unspecified atom stereocenters. The first kappa shape index (κ1) is 17.6. The molecule has 2 aromatic rings. The van der Waals surface area contributed by atoms with Crippen LogP contribution in [0.4, 0.5) is 0 Å². The average molecular weight is 325 g/mol. The summed E-state index contributed by atoms with van der Waals surface area (Å²) in [6.07, 6.45) is 4.18. The maximum atomic E-state index is 12.2. The normalized spacial score (nSPS) is 10.6. The second-order valence-electron chi connectivity index (χ2n) is 5.44. The lowest BCUT2D eigenvalue weighted by Crippen LogP contribution is -2.27. The minimum atomic E-state index is -0.0145. The summed E-state index contributed by atoms with van der Waals surface area (Å²) in [6, 6.07) is 15.6. The van der Waals surface area contributed by atoms with Crippen molar-refractivity contribution in [3.63, 3.8) is 0 Å². The van der Waals surface area contributed by atoms with Crippen molar-refractivity contribution in [1.82, 2.24) is 4.90 Å². The number of nitrogens with zero attached hydrogens (tertiary/aromatic N) is 1. The molecule has 0 bridgehead atoms. The summed E-state index contributed by atoms with van der Waals surface area (Å²) in [6.45, 7) is 0.632. The van der Waals surface area contributed by atoms with E-state index in [1.807, 2.05) is 54.6 Å². The van der Waals surface area contributed by atoms with Crippen LogP contribution in [0.1, 0.15) is 11.1 Å². The van der Waals surface area contributed by atoms with Gasteiger partial charge in [-0.05, 0) is 35.8 Å². The third kappa shape index (κ3) is 4.88. The summed E-state index contributed by atoms with van der Waals surface area (Å²) >= 11 is 0. The van der Waals surface area contributed by atoms with Gasteiger partial charge in [0.25, 0.3) is 0 Å². The summed E-state index contributed by atoms with van der Waals surface area (Å²) in [7, 11) is 5.03. The number of carbonyl (C=O) groups is 1. The zero-order valence-corrected chi connectivity index (χ0v) is 14.4. The van der Waals surface area contributed by atoms with Gasteiger partial charge in [0, 0.05) is 19.7 Å². The molecule has 0 radical (unpaired) electrons. The van der Waals surface area contributed by atoms with E-state index in [0.717, 1.165) is 17.5 Å². The highest BCUT2D eigenvalue weighted by Crippen LogP contribution is 2.27. The summed E-state index contributed by atoms with van der Waals surface area (Å²) in [5.41, 5.74) is 2.11. The topological polar surface area (TPSA) is 38.8 Å². The van der Waals surface area contributed by atoms with Gasteiger partial charge in [-0.1, -0.05) is 36.4 Å². The molecule has 0 spiro atoms. The molecular weight excluding hydrogens is 302 g/mol. The molecule has 4 heteroatoms. The Kier molecular flexibility index (Phi) is 6.43. The predicted molar refractivity (Wildman–Crippen MR) is 96.4 cm³/mol. The number of hydrogen-bond acceptors (Lipinski definition) is 3. The van der Waals surface area contributed by atoms with Gasteiger partial charge < -0.3 is 14.4 Å². The fourth-order valence-electron chi connectivity index (χ4n) is 2.30. The van der Waals surface area contributed by atoms with E-state index in [1.54, 1.807) is 32.2 Å². The second kappa shape index (κ2) is 8.77. The van der Waals surface area contributed by atoms with Crippen molar-refractivity contribution in [3.05, 3.63) is 65.7 Å². The molecular formula is C20H23NO3. The van der Waals surface area contributed by atoms with E-state index >= 15 is 0 Å². The number of benzene rings is 2. The molecule has 0 heterocycles. The number of rotatable bonds is 7. The zero-order valence-electron chi connectivity index (χ0n) is 14.4. The molecule has 2 rings (SSSR count). The zero-order chi connectivity index (χ0) is 17.4. The van der Waals surface area contributed by atoms with Crippen molar-refractivity contribution in [2.45, 2.75) is 6.42 Å². The Morgan fingerprint density at radius 2 is 1.75 bits per heavy atom. The van der Waals surface area contributed by atoms with Crippen LogP contribution in [-0.4, -0.2) is 38.6 Å². The maximum absolute atomic E-state index is 12.2. The van der Waals surface area contributed by atoms with Crippen LogP contribution in [0.15, 0.2) is 54.6 Å². The number of methoxy groups -OCH3 is 2. The van der Waals surface area contributed by atoms with Crippen molar-refractivity contribution < 1.29 is 14.3 Å². The molecule has 0 atom stereocenters. The van der Waals surface area contributed by atoms with Crippen LogP contribution in [0.25, 0.3) is 6.08 Å². The van der Waals surface area contributed by atoms with Crippen molar-refractivity contribution >= 4 is 12.0 Å². The van der Waals surface area contributed by atoms with E-state index in [2.05, 4.69) is 0 Å². The smallest absolute Gasteiger partial charge is 0.246 e. The Morgan fingerprint density at radius 1 is 1.04 bits per heavy atom. The van der Waals surface area contributed by atoms with Gasteiger partial charge >= 0.3 is 0 Å². The fourth-order valence-corrected chi connectivity index (χ4v) is 2.30. The number of hydrogen-bond donors (Lipinski definition) is 0. The molecule has 1 amide bonds. The maximum Gasteiger partial charge on any atom is 0.246 e. The molecule has 0 aliphatic rings. The highest BCUT2D eigenvalue weighted by atomic mass is 16.5. The van der Waals surface area contributed by atoms with Crippen molar-refractivity contribution in [3.8, 4) is 11.5 Å². The van der Waals surface area contributed by atoms with Crippen LogP contribution in [-0.2, 0) is 11.2 Å². The molecule has 4 nitrogen and oxygen atoms in total. The average Bonchev–Trinajstić information content (AvgIpc) is 2.64. The minimum absolute atomic E-state index is 0.0145. The first-order valence-electron chi connectivity index (χ1n) is 7.83. The monoisotopic (exact) mass is 325 g/mol. The van der Waals surface area contributed by atoms with Gasteiger partial charge in [-0.15, -0.1) is 0 Å². The van der Waals surface area contributed by atoms with E-state index in [9.17, 15) is 4.79 Å². The van der Waals surface area contributed by atoms with Crippen LogP contribution >= 0.6 is 0 Å². The van der Waals surface area contributed by atoms with Gasteiger partial charge in [-0.2, -0.15) is 0 Å². The molecule has 0 aromatic heterocycles. The van der Waals surface area contributed by atoms with Crippen LogP contribution < -0.4 is 9.47 Å². The van der Waals surface area contributed by atoms with E-state index in [1.165, 1.54) is 0 Å². The SMILES string of the molecule is COc1ccc(CCN(C)C(=O)/C=C/c2ccccc2)cc1OC. The molecule has 0 saturated heterocycles. The molecule has 0 N–H and O–H groups in total. The molecule has 2 aromatic carbocycles. The van der Waals surface area contributed by atoms with Gasteiger partial charge in [0.05, 0.1) is 14.2 Å². The Hall–Kier alpha value is -2.75. The quantitative estimate of drug-likeness (QED) is 0.732. The molecule has 24 heavy (non-hydrogen) atoms. The van der Waals surface area contributed by atoms with E-state index in [0.29, 0.717) is 18.0 Å². The summed E-state index contributed by atoms with van der Waals surface area (Å²) in [5.74, 6) is 1.39. The van der Waals surface area contributed by atoms with Crippen LogP contribution in [0.5, 0.6) is 11.5 Å². The van der Waals surface area contributed by atoms with Crippen molar-refractivity contribution in [2.75, 3.05) is 27.8 Å². The van der Waals surface area contributed by atoms with Gasteiger partial charge in [-0.25, -0.2) is 0 Å². The van der Waals surface area contributed by atoms with Crippen molar-refractivity contribution in [2.24, 2.45) is 0 Å². The molecule has 0 aliphatic heterocycles. The first-order valence-corrected chi connectivity index (χ1v) is 7.83. The Labute approximate surface area is 143 Å². The molecule has 126 valence electrons. The standard InChI is InChI=1S/C20H23NO3/c1-21(20(22)12-10-16-7-5-4-6-8-16)14-13-17-9-11-18(23-2)19(15-17)24-3/h4-12,15H,13-14H2,1-3H3/b12-10+. The Balaban J connectivity index is 1.91. The number of amides is 1. The Morgan fingerprint density at radius 3 is 2.42 bits per heavy atom. The summed E-state index contributed by atoms with van der Waals surface area (Å²) in [5, 5.41) is 0. The lowest BCUT2D eigenvalue weighted by atomic mass is 10.1. The first-order chi connectivity index (χ1) is 11.6. The van der Waals surface area contributed by atoms with Crippen LogP contribution in [0.3, 0.4) is 0 Å². The third-order valence-electron chi connectivity index (χ3n) is 3.78. The van der Waals surface area contributed by atoms with E-state index in [-0.39, 0.29) is 5.91 Å². The third-order valence-corrected chi connectivity index (χ3v) is 3.78. The summed E-state index contributed by atoms with van der Waals surface area (Å²) < 4.78 is 10.5. The van der Waals surface area contributed by atoms with Gasteiger partial charge in [0.2, 0.25) is 5.91 Å². The lowest BCUT2D eigenvalue weighted by molar-refractivity contribution is -0.124. The highest BCUT2D eigenvalue weighted by molar-refractivity contribution is 5.91. The predicted octanol–water partition coefficient (Wildman–Crippen LogP) is 3.42. The highest BCUT2D eigenvalue weighted by Gasteiger charge is 2.08. The summed E-state index contributed by atoms with van der Waals surface area (Å²) in [4.78, 5) is 13.9. The number of carbonyl (C=O) groups excluding carboxylic acids is 1. The van der Waals surface area contributed by atoms with Gasteiger partial charge in [0.15, 0.2) is 11.5 Å². The van der Waals surface area contributed by atoms with Crippen LogP contribution in [0, 0.1) is 0 Å². The van der Waals surface area contributed by atoms with Crippen molar-refractivity contribution in [1.29, 1.82) is 0 Å². The number of likely N-dealkylation sites (N-methyl/N-ethyl adjacent to an activating group) is 1. The minimum Gasteiger partial charge on any atom is -0.493 e. The number of ether oxygens (including phenoxy) is 2. The van der Waals surface area contributed by atoms with E-state index < -0.39 is 0 Å². The van der Waals surface area contributed by atoms with Gasteiger partial charge in [-0.3, -0.25) is 4.79 Å². The largest absolute Gasteiger partial charge is 0.493 e. The lowest BCUT2D eigenvalue weighted by Gasteiger charge is -2.16. The van der Waals surface area contributed by atoms with Crippen LogP contribution in [0.2, 0.25) is 0 Å². The molecule has 0 fully saturated rings. The fraction of sp³-hybridized carbons (Fsp3) is 0.250. The molecule has 0 saturated carbocycles. The molecule has 0 aliphatic carbocycles. The second-order valence-corrected chi connectivity index (χ2v) is 5.44. The Bertz CT molecular complexity index is 695. The van der Waals surface area contributed by atoms with E-state index in [4.69, 9.17) is 9.47 Å².